The number of halogens is 1. The van der Waals surface area contributed by atoms with Gasteiger partial charge in [-0.25, -0.2) is 4.39 Å². The summed E-state index contributed by atoms with van der Waals surface area (Å²) >= 11 is 0. The Labute approximate surface area is 122 Å². The number of ether oxygens (including phenoxy) is 3. The maximum atomic E-state index is 13.8. The molecule has 0 heterocycles. The maximum Gasteiger partial charge on any atom is 0.165 e. The van der Waals surface area contributed by atoms with Gasteiger partial charge in [0, 0.05) is 5.56 Å². The molecule has 0 radical (unpaired) electrons. The molecule has 1 N–H and O–H groups in total. The third-order valence-corrected chi connectivity index (χ3v) is 3.22. The topological polar surface area (TPSA) is 47.9 Å². The number of hydrogen-bond acceptors (Lipinski definition) is 4. The zero-order chi connectivity index (χ0) is 15.4. The number of hydrogen-bond donors (Lipinski definition) is 1. The number of rotatable bonds is 5. The van der Waals surface area contributed by atoms with E-state index in [1.54, 1.807) is 24.3 Å². The molecule has 1 unspecified atom stereocenters. The van der Waals surface area contributed by atoms with Crippen molar-refractivity contribution >= 4 is 0 Å². The van der Waals surface area contributed by atoms with Crippen LogP contribution in [0, 0.1) is 5.82 Å². The fourth-order valence-electron chi connectivity index (χ4n) is 2.09. The van der Waals surface area contributed by atoms with E-state index >= 15 is 0 Å². The summed E-state index contributed by atoms with van der Waals surface area (Å²) in [6, 6.07) is 9.39. The monoisotopic (exact) mass is 292 g/mol. The Morgan fingerprint density at radius 2 is 1.57 bits per heavy atom. The van der Waals surface area contributed by atoms with Crippen LogP contribution in [0.4, 0.5) is 4.39 Å². The van der Waals surface area contributed by atoms with Crippen molar-refractivity contribution in [2.45, 2.75) is 6.10 Å². The highest BCUT2D eigenvalue weighted by Crippen LogP contribution is 2.34. The lowest BCUT2D eigenvalue weighted by Gasteiger charge is -2.17. The predicted molar refractivity (Wildman–Crippen MR) is 76.6 cm³/mol. The molecule has 0 spiro atoms. The zero-order valence-corrected chi connectivity index (χ0v) is 12.1. The minimum absolute atomic E-state index is 0.128. The van der Waals surface area contributed by atoms with Crippen LogP contribution in [0.15, 0.2) is 36.4 Å². The van der Waals surface area contributed by atoms with Crippen LogP contribution in [0.2, 0.25) is 0 Å². The Balaban J connectivity index is 2.43. The molecule has 0 aromatic heterocycles. The van der Waals surface area contributed by atoms with E-state index in [0.717, 1.165) is 0 Å². The van der Waals surface area contributed by atoms with Gasteiger partial charge < -0.3 is 19.3 Å². The molecule has 2 aromatic carbocycles. The SMILES string of the molecule is COc1ccc(OC)c(C(O)c2ccc(OC)c(F)c2)c1. The van der Waals surface area contributed by atoms with Gasteiger partial charge >= 0.3 is 0 Å². The van der Waals surface area contributed by atoms with E-state index in [0.29, 0.717) is 22.6 Å². The van der Waals surface area contributed by atoms with Crippen molar-refractivity contribution in [1.29, 1.82) is 0 Å². The lowest BCUT2D eigenvalue weighted by atomic mass is 10.00. The van der Waals surface area contributed by atoms with Crippen LogP contribution in [-0.4, -0.2) is 26.4 Å². The molecular weight excluding hydrogens is 275 g/mol. The molecule has 2 rings (SSSR count). The van der Waals surface area contributed by atoms with Gasteiger partial charge in [0.2, 0.25) is 0 Å². The molecule has 1 atom stereocenters. The molecule has 112 valence electrons. The molecule has 0 saturated carbocycles. The fraction of sp³-hybridized carbons (Fsp3) is 0.250. The van der Waals surface area contributed by atoms with Crippen molar-refractivity contribution in [2.75, 3.05) is 21.3 Å². The minimum Gasteiger partial charge on any atom is -0.497 e. The third kappa shape index (κ3) is 3.08. The summed E-state index contributed by atoms with van der Waals surface area (Å²) in [5, 5.41) is 10.5. The third-order valence-electron chi connectivity index (χ3n) is 3.22. The van der Waals surface area contributed by atoms with Crippen LogP contribution < -0.4 is 14.2 Å². The van der Waals surface area contributed by atoms with Crippen LogP contribution in [0.25, 0.3) is 0 Å². The average Bonchev–Trinajstić information content (AvgIpc) is 2.53. The molecule has 4 nitrogen and oxygen atoms in total. The smallest absolute Gasteiger partial charge is 0.165 e. The molecule has 21 heavy (non-hydrogen) atoms. The zero-order valence-electron chi connectivity index (χ0n) is 12.1. The summed E-state index contributed by atoms with van der Waals surface area (Å²) < 4.78 is 29.0. The van der Waals surface area contributed by atoms with Crippen molar-refractivity contribution in [2.24, 2.45) is 0 Å². The Kier molecular flexibility index (Phi) is 4.65. The predicted octanol–water partition coefficient (Wildman–Crippen LogP) is 2.93. The van der Waals surface area contributed by atoms with Gasteiger partial charge in [0.1, 0.15) is 17.6 Å². The Morgan fingerprint density at radius 1 is 0.905 bits per heavy atom. The molecule has 0 aliphatic rings. The molecule has 2 aromatic rings. The van der Waals surface area contributed by atoms with Gasteiger partial charge in [-0.05, 0) is 35.9 Å². The quantitative estimate of drug-likeness (QED) is 0.920. The van der Waals surface area contributed by atoms with E-state index in [1.165, 1.54) is 33.5 Å². The second-order valence-corrected chi connectivity index (χ2v) is 4.40. The molecule has 5 heteroatoms. The normalized spacial score (nSPS) is 11.9. The van der Waals surface area contributed by atoms with Crippen molar-refractivity contribution < 1.29 is 23.7 Å². The highest BCUT2D eigenvalue weighted by Gasteiger charge is 2.18. The Morgan fingerprint density at radius 3 is 2.14 bits per heavy atom. The first kappa shape index (κ1) is 15.1. The van der Waals surface area contributed by atoms with E-state index in [4.69, 9.17) is 14.2 Å². The van der Waals surface area contributed by atoms with Crippen LogP contribution in [0.1, 0.15) is 17.2 Å². The average molecular weight is 292 g/mol. The second kappa shape index (κ2) is 6.45. The summed E-state index contributed by atoms with van der Waals surface area (Å²) in [5.41, 5.74) is 0.904. The van der Waals surface area contributed by atoms with Gasteiger partial charge in [-0.3, -0.25) is 0 Å². The molecule has 0 fully saturated rings. The van der Waals surface area contributed by atoms with Gasteiger partial charge in [-0.15, -0.1) is 0 Å². The summed E-state index contributed by atoms with van der Waals surface area (Å²) in [7, 11) is 4.43. The van der Waals surface area contributed by atoms with Gasteiger partial charge in [0.15, 0.2) is 11.6 Å². The maximum absolute atomic E-state index is 13.8. The molecule has 0 aliphatic carbocycles. The van der Waals surface area contributed by atoms with Crippen LogP contribution in [-0.2, 0) is 0 Å². The first-order valence-corrected chi connectivity index (χ1v) is 6.34. The van der Waals surface area contributed by atoms with Crippen LogP contribution in [0.3, 0.4) is 0 Å². The standard InChI is InChI=1S/C16H17FO4/c1-19-11-5-7-14(20-2)12(9-11)16(18)10-4-6-15(21-3)13(17)8-10/h4-9,16,18H,1-3H3. The van der Waals surface area contributed by atoms with E-state index in [-0.39, 0.29) is 5.75 Å². The molecule has 0 saturated heterocycles. The van der Waals surface area contributed by atoms with Gasteiger partial charge in [0.25, 0.3) is 0 Å². The summed E-state index contributed by atoms with van der Waals surface area (Å²) in [4.78, 5) is 0. The first-order chi connectivity index (χ1) is 10.1. The van der Waals surface area contributed by atoms with Gasteiger partial charge in [-0.1, -0.05) is 6.07 Å². The van der Waals surface area contributed by atoms with E-state index < -0.39 is 11.9 Å². The van der Waals surface area contributed by atoms with E-state index in [2.05, 4.69) is 0 Å². The molecule has 0 aliphatic heterocycles. The number of benzene rings is 2. The van der Waals surface area contributed by atoms with Crippen molar-refractivity contribution in [1.82, 2.24) is 0 Å². The first-order valence-electron chi connectivity index (χ1n) is 6.34. The number of aliphatic hydroxyl groups excluding tert-OH is 1. The van der Waals surface area contributed by atoms with Gasteiger partial charge in [-0.2, -0.15) is 0 Å². The van der Waals surface area contributed by atoms with E-state index in [9.17, 15) is 9.50 Å². The molecular formula is C16H17FO4. The number of methoxy groups -OCH3 is 3. The second-order valence-electron chi connectivity index (χ2n) is 4.40. The molecule has 0 amide bonds. The van der Waals surface area contributed by atoms with Crippen molar-refractivity contribution in [3.8, 4) is 17.2 Å². The highest BCUT2D eigenvalue weighted by molar-refractivity contribution is 5.45. The highest BCUT2D eigenvalue weighted by atomic mass is 19.1. The largest absolute Gasteiger partial charge is 0.497 e. The fourth-order valence-corrected chi connectivity index (χ4v) is 2.09. The van der Waals surface area contributed by atoms with Gasteiger partial charge in [0.05, 0.1) is 21.3 Å². The minimum atomic E-state index is -1.03. The Hall–Kier alpha value is -2.27. The lowest BCUT2D eigenvalue weighted by Crippen LogP contribution is -2.04. The Bertz CT molecular complexity index is 628. The van der Waals surface area contributed by atoms with Crippen LogP contribution in [0.5, 0.6) is 17.2 Å². The van der Waals surface area contributed by atoms with E-state index in [1.807, 2.05) is 0 Å². The number of aliphatic hydroxyl groups is 1. The molecule has 0 bridgehead atoms. The van der Waals surface area contributed by atoms with Crippen molar-refractivity contribution in [3.05, 3.63) is 53.3 Å². The van der Waals surface area contributed by atoms with Crippen molar-refractivity contribution in [3.63, 3.8) is 0 Å². The summed E-state index contributed by atoms with van der Waals surface area (Å²) in [6.07, 6.45) is -1.03. The van der Waals surface area contributed by atoms with Crippen LogP contribution >= 0.6 is 0 Å². The lowest BCUT2D eigenvalue weighted by molar-refractivity contribution is 0.213. The summed E-state index contributed by atoms with van der Waals surface area (Å²) in [6.45, 7) is 0. The summed E-state index contributed by atoms with van der Waals surface area (Å²) in [5.74, 6) is 0.679.